The zero-order valence-electron chi connectivity index (χ0n) is 18.7. The summed E-state index contributed by atoms with van der Waals surface area (Å²) in [6.07, 6.45) is 7.12. The van der Waals surface area contributed by atoms with Gasteiger partial charge in [-0.15, -0.1) is 12.4 Å². The van der Waals surface area contributed by atoms with E-state index in [4.69, 9.17) is 4.98 Å². The molecule has 1 aromatic heterocycles. The van der Waals surface area contributed by atoms with E-state index in [-0.39, 0.29) is 48.5 Å². The Labute approximate surface area is 201 Å². The maximum Gasteiger partial charge on any atom is 0.248 e. The van der Waals surface area contributed by atoms with Crippen molar-refractivity contribution in [3.05, 3.63) is 30.1 Å². The van der Waals surface area contributed by atoms with E-state index in [9.17, 15) is 4.39 Å². The van der Waals surface area contributed by atoms with E-state index in [0.717, 1.165) is 51.9 Å². The zero-order valence-corrected chi connectivity index (χ0v) is 19.5. The van der Waals surface area contributed by atoms with E-state index in [1.807, 2.05) is 0 Å². The van der Waals surface area contributed by atoms with Gasteiger partial charge >= 0.3 is 0 Å². The van der Waals surface area contributed by atoms with E-state index < -0.39 is 0 Å². The van der Waals surface area contributed by atoms with E-state index in [1.54, 1.807) is 18.2 Å². The standard InChI is InChI=1S/C19H26FN7.ClH.4H3N.4H2/c20-15-9-3-4-10-16(15)24-25-17-21-18(26-11-5-1-6-12-26)23-19(22-17)27-13-7-2-8-14-27;;;;;;;;;/h3-4,9-10,24H,1-2,5-8,11-14H2,(H,21,22,23,25);1H;4*1H3;4*1H. The highest BCUT2D eigenvalue weighted by atomic mass is 35.5. The van der Waals surface area contributed by atoms with Gasteiger partial charge < -0.3 is 34.4 Å². The van der Waals surface area contributed by atoms with Crippen LogP contribution in [0.3, 0.4) is 0 Å². The predicted molar refractivity (Wildman–Crippen MR) is 141 cm³/mol. The maximum atomic E-state index is 13.9. The van der Waals surface area contributed by atoms with Crippen molar-refractivity contribution in [2.24, 2.45) is 0 Å². The topological polar surface area (TPSA) is 209 Å². The van der Waals surface area contributed by atoms with E-state index in [0.29, 0.717) is 23.5 Å². The number of hydrazine groups is 1. The molecule has 0 bridgehead atoms. The Morgan fingerprint density at radius 1 is 0.688 bits per heavy atom. The number of aromatic nitrogens is 3. The fourth-order valence-electron chi connectivity index (χ4n) is 3.57. The van der Waals surface area contributed by atoms with Crippen molar-refractivity contribution in [3.63, 3.8) is 0 Å². The Morgan fingerprint density at radius 3 is 1.62 bits per heavy atom. The predicted octanol–water partition coefficient (Wildman–Crippen LogP) is 5.48. The summed E-state index contributed by atoms with van der Waals surface area (Å²) in [5.74, 6) is 1.48. The molecule has 32 heavy (non-hydrogen) atoms. The molecule has 2 saturated heterocycles. The van der Waals surface area contributed by atoms with Crippen molar-refractivity contribution < 1.29 is 10.1 Å². The number of para-hydroxylation sites is 1. The van der Waals surface area contributed by atoms with Gasteiger partial charge in [0.1, 0.15) is 5.82 Å². The number of piperidine rings is 2. The van der Waals surface area contributed by atoms with Gasteiger partial charge in [-0.05, 0) is 50.7 Å². The second-order valence-corrected chi connectivity index (χ2v) is 7.08. The van der Waals surface area contributed by atoms with E-state index >= 15 is 0 Å². The molecule has 0 atom stereocenters. The number of halogens is 2. The number of hydrogen-bond acceptors (Lipinski definition) is 11. The highest BCUT2D eigenvalue weighted by molar-refractivity contribution is 5.85. The molecule has 2 aliphatic rings. The van der Waals surface area contributed by atoms with Crippen molar-refractivity contribution >= 4 is 35.9 Å². The minimum absolute atomic E-state index is 0. The minimum Gasteiger partial charge on any atom is -0.344 e. The number of rotatable bonds is 5. The first-order valence-corrected chi connectivity index (χ1v) is 9.82. The smallest absolute Gasteiger partial charge is 0.248 e. The van der Waals surface area contributed by atoms with Crippen LogP contribution < -0.4 is 45.3 Å². The Morgan fingerprint density at radius 2 is 1.16 bits per heavy atom. The van der Waals surface area contributed by atoms with Crippen molar-refractivity contribution in [1.82, 2.24) is 39.6 Å². The summed E-state index contributed by atoms with van der Waals surface area (Å²) < 4.78 is 13.9. The van der Waals surface area contributed by atoms with Crippen LogP contribution in [0, 0.1) is 5.82 Å². The van der Waals surface area contributed by atoms with Gasteiger partial charge in [0.05, 0.1) is 5.69 Å². The third kappa shape index (κ3) is 7.88. The lowest BCUT2D eigenvalue weighted by Gasteiger charge is -2.30. The van der Waals surface area contributed by atoms with Crippen molar-refractivity contribution in [3.8, 4) is 0 Å². The Kier molecular flexibility index (Phi) is 15.2. The molecular weight excluding hydrogens is 437 g/mol. The fourth-order valence-corrected chi connectivity index (χ4v) is 3.57. The van der Waals surface area contributed by atoms with Gasteiger partial charge in [0.15, 0.2) is 0 Å². The van der Waals surface area contributed by atoms with Crippen LogP contribution in [0.4, 0.5) is 27.9 Å². The van der Waals surface area contributed by atoms with Crippen molar-refractivity contribution in [2.45, 2.75) is 38.5 Å². The van der Waals surface area contributed by atoms with Gasteiger partial charge in [-0.1, -0.05) is 12.1 Å². The van der Waals surface area contributed by atoms with E-state index in [2.05, 4.69) is 30.6 Å². The molecular formula is C19H47ClFN11. The molecule has 1 aromatic carbocycles. The highest BCUT2D eigenvalue weighted by Crippen LogP contribution is 2.23. The number of hydrogen-bond donors (Lipinski definition) is 6. The summed E-state index contributed by atoms with van der Waals surface area (Å²) >= 11 is 0. The minimum atomic E-state index is -0.327. The molecule has 0 unspecified atom stereocenters. The summed E-state index contributed by atoms with van der Waals surface area (Å²) in [5.41, 5.74) is 6.19. The number of nitrogens with zero attached hydrogens (tertiary/aromatic N) is 5. The molecule has 2 fully saturated rings. The summed E-state index contributed by atoms with van der Waals surface area (Å²) in [5, 5.41) is 0. The number of anilines is 4. The first-order chi connectivity index (χ1) is 13.3. The van der Waals surface area contributed by atoms with Crippen LogP contribution in [-0.4, -0.2) is 41.1 Å². The van der Waals surface area contributed by atoms with Gasteiger partial charge in [0, 0.05) is 31.9 Å². The Hall–Kier alpha value is -2.51. The van der Waals surface area contributed by atoms with Crippen LogP contribution in [-0.2, 0) is 0 Å². The van der Waals surface area contributed by atoms with Crippen LogP contribution in [0.5, 0.6) is 0 Å². The average Bonchev–Trinajstić information content (AvgIpc) is 2.74. The SMILES string of the molecule is Cl.Fc1ccccc1NNc1nc(N2CCCCC2)nc(N2CCCCC2)n1.N.N.N.N.[HH].[HH].[HH].[HH]. The van der Waals surface area contributed by atoms with Gasteiger partial charge in [-0.2, -0.15) is 15.0 Å². The molecule has 2 aliphatic heterocycles. The van der Waals surface area contributed by atoms with Crippen LogP contribution in [0.15, 0.2) is 24.3 Å². The Balaban J connectivity index is -0.000000250. The number of nitrogens with one attached hydrogen (secondary N) is 2. The largest absolute Gasteiger partial charge is 0.344 e. The summed E-state index contributed by atoms with van der Waals surface area (Å²) in [6, 6.07) is 6.52. The molecule has 0 aliphatic carbocycles. The second kappa shape index (κ2) is 15.3. The molecule has 0 radical (unpaired) electrons. The van der Waals surface area contributed by atoms with Gasteiger partial charge in [-0.25, -0.2) is 4.39 Å². The first-order valence-electron chi connectivity index (χ1n) is 9.82. The molecule has 0 saturated carbocycles. The fraction of sp³-hybridized carbons (Fsp3) is 0.526. The third-order valence-corrected chi connectivity index (χ3v) is 5.07. The molecule has 0 spiro atoms. The van der Waals surface area contributed by atoms with Gasteiger partial charge in [0.25, 0.3) is 0 Å². The quantitative estimate of drug-likeness (QED) is 0.293. The molecule has 192 valence electrons. The lowest BCUT2D eigenvalue weighted by molar-refractivity contribution is 0.556. The molecule has 11 nitrogen and oxygen atoms in total. The molecule has 2 aromatic rings. The summed E-state index contributed by atoms with van der Waals surface area (Å²) in [7, 11) is 0. The highest BCUT2D eigenvalue weighted by Gasteiger charge is 2.20. The number of benzene rings is 1. The second-order valence-electron chi connectivity index (χ2n) is 7.08. The van der Waals surface area contributed by atoms with Crippen LogP contribution in [0.25, 0.3) is 0 Å². The van der Waals surface area contributed by atoms with Crippen molar-refractivity contribution in [2.75, 3.05) is 46.8 Å². The third-order valence-electron chi connectivity index (χ3n) is 5.07. The molecule has 0 amide bonds. The normalized spacial score (nSPS) is 14.9. The molecule has 3 heterocycles. The Bertz CT molecular complexity index is 753. The zero-order chi connectivity index (χ0) is 18.5. The van der Waals surface area contributed by atoms with Gasteiger partial charge in [0.2, 0.25) is 17.8 Å². The maximum absolute atomic E-state index is 13.9. The summed E-state index contributed by atoms with van der Waals surface area (Å²) in [6.45, 7) is 3.85. The van der Waals surface area contributed by atoms with Crippen LogP contribution >= 0.6 is 12.4 Å². The van der Waals surface area contributed by atoms with Crippen LogP contribution in [0.1, 0.15) is 44.2 Å². The van der Waals surface area contributed by atoms with Gasteiger partial charge in [-0.3, -0.25) is 10.9 Å². The lowest BCUT2D eigenvalue weighted by atomic mass is 10.1. The molecule has 4 rings (SSSR count). The average molecular weight is 484 g/mol. The molecule has 14 N–H and O–H groups in total. The van der Waals surface area contributed by atoms with E-state index in [1.165, 1.54) is 18.9 Å². The van der Waals surface area contributed by atoms with Crippen LogP contribution in [0.2, 0.25) is 0 Å². The first kappa shape index (κ1) is 31.7. The lowest BCUT2D eigenvalue weighted by Crippen LogP contribution is -2.34. The summed E-state index contributed by atoms with van der Waals surface area (Å²) in [4.78, 5) is 18.3. The van der Waals surface area contributed by atoms with Crippen molar-refractivity contribution in [1.29, 1.82) is 0 Å². The monoisotopic (exact) mass is 483 g/mol. The molecule has 13 heteroatoms.